The van der Waals surface area contributed by atoms with Crippen LogP contribution in [0.5, 0.6) is 5.88 Å². The molecule has 2 aromatic heterocycles. The van der Waals surface area contributed by atoms with Gasteiger partial charge >= 0.3 is 0 Å². The molecule has 0 radical (unpaired) electrons. The number of amidine groups is 1. The van der Waals surface area contributed by atoms with Gasteiger partial charge in [0.15, 0.2) is 0 Å². The fraction of sp³-hybridized carbons (Fsp3) is 0.250. The fourth-order valence-electron chi connectivity index (χ4n) is 3.35. The van der Waals surface area contributed by atoms with Gasteiger partial charge in [0, 0.05) is 35.5 Å². The lowest BCUT2D eigenvalue weighted by Crippen LogP contribution is -2.16. The number of benzene rings is 1. The predicted molar refractivity (Wildman–Crippen MR) is 99.7 cm³/mol. The largest absolute Gasteiger partial charge is 0.471 e. The minimum absolute atomic E-state index is 0.0859. The summed E-state index contributed by atoms with van der Waals surface area (Å²) < 4.78 is 11.4. The van der Waals surface area contributed by atoms with E-state index >= 15 is 0 Å². The molecule has 3 aromatic rings. The van der Waals surface area contributed by atoms with E-state index in [1.54, 1.807) is 12.4 Å². The van der Waals surface area contributed by atoms with Crippen LogP contribution in [0.1, 0.15) is 17.7 Å². The van der Waals surface area contributed by atoms with Gasteiger partial charge in [-0.2, -0.15) is 0 Å². The van der Waals surface area contributed by atoms with Crippen molar-refractivity contribution in [3.8, 4) is 5.88 Å². The third-order valence-electron chi connectivity index (χ3n) is 4.69. The molecule has 0 amide bonds. The number of pyridine rings is 2. The quantitative estimate of drug-likeness (QED) is 0.789. The molecule has 0 aliphatic carbocycles. The molecule has 2 aliphatic heterocycles. The van der Waals surface area contributed by atoms with Gasteiger partial charge in [0.05, 0.1) is 25.5 Å². The van der Waals surface area contributed by atoms with Crippen molar-refractivity contribution >= 4 is 22.3 Å². The van der Waals surface area contributed by atoms with Crippen molar-refractivity contribution < 1.29 is 9.47 Å². The molecule has 2 aliphatic rings. The summed E-state index contributed by atoms with van der Waals surface area (Å²) in [6, 6.07) is 12.1. The molecular weight excluding hydrogens is 328 g/mol. The first kappa shape index (κ1) is 15.3. The predicted octanol–water partition coefficient (Wildman–Crippen LogP) is 3.17. The Bertz CT molecular complexity index is 996. The van der Waals surface area contributed by atoms with Crippen molar-refractivity contribution in [2.75, 3.05) is 18.5 Å². The lowest BCUT2D eigenvalue weighted by Gasteiger charge is -2.14. The van der Waals surface area contributed by atoms with Crippen molar-refractivity contribution in [1.29, 1.82) is 0 Å². The van der Waals surface area contributed by atoms with Crippen LogP contribution >= 0.6 is 0 Å². The van der Waals surface area contributed by atoms with E-state index in [0.29, 0.717) is 19.0 Å². The number of nitrogens with zero attached hydrogens (tertiary/aromatic N) is 3. The first-order valence-corrected chi connectivity index (χ1v) is 8.76. The van der Waals surface area contributed by atoms with E-state index in [0.717, 1.165) is 46.6 Å². The van der Waals surface area contributed by atoms with Crippen LogP contribution in [0, 0.1) is 0 Å². The average Bonchev–Trinajstić information content (AvgIpc) is 3.32. The fourth-order valence-corrected chi connectivity index (χ4v) is 3.35. The highest BCUT2D eigenvalue weighted by Crippen LogP contribution is 2.28. The molecule has 1 fully saturated rings. The summed E-state index contributed by atoms with van der Waals surface area (Å²) in [6.07, 6.45) is 4.58. The maximum Gasteiger partial charge on any atom is 0.221 e. The lowest BCUT2D eigenvalue weighted by atomic mass is 10.1. The van der Waals surface area contributed by atoms with Gasteiger partial charge in [0.25, 0.3) is 0 Å². The zero-order valence-corrected chi connectivity index (χ0v) is 14.2. The normalized spacial score (nSPS) is 18.6. The van der Waals surface area contributed by atoms with E-state index in [-0.39, 0.29) is 6.10 Å². The highest BCUT2D eigenvalue weighted by atomic mass is 16.5. The van der Waals surface area contributed by atoms with E-state index in [1.165, 1.54) is 0 Å². The number of aliphatic imine (C=N–C) groups is 1. The van der Waals surface area contributed by atoms with Crippen molar-refractivity contribution in [3.63, 3.8) is 0 Å². The highest BCUT2D eigenvalue weighted by molar-refractivity contribution is 6.11. The second-order valence-corrected chi connectivity index (χ2v) is 6.44. The molecule has 1 N–H and O–H groups in total. The molecule has 26 heavy (non-hydrogen) atoms. The van der Waals surface area contributed by atoms with E-state index in [4.69, 9.17) is 9.47 Å². The SMILES string of the molecule is c1cnc2c(c1)C(Nc1ccc3c(O[C@@H]4CCOC4)nccc3c1)=NC2. The molecule has 5 rings (SSSR count). The van der Waals surface area contributed by atoms with Gasteiger partial charge in [0.2, 0.25) is 5.88 Å². The topological polar surface area (TPSA) is 68.6 Å². The highest BCUT2D eigenvalue weighted by Gasteiger charge is 2.19. The molecule has 0 saturated carbocycles. The van der Waals surface area contributed by atoms with Crippen LogP contribution in [0.15, 0.2) is 53.8 Å². The molecule has 4 heterocycles. The van der Waals surface area contributed by atoms with Crippen molar-refractivity contribution in [2.45, 2.75) is 19.1 Å². The van der Waals surface area contributed by atoms with E-state index < -0.39 is 0 Å². The maximum absolute atomic E-state index is 6.02. The van der Waals surface area contributed by atoms with Crippen molar-refractivity contribution in [2.24, 2.45) is 4.99 Å². The Kier molecular flexibility index (Phi) is 3.75. The summed E-state index contributed by atoms with van der Waals surface area (Å²) in [5, 5.41) is 5.48. The van der Waals surface area contributed by atoms with Gasteiger partial charge in [-0.1, -0.05) is 0 Å². The molecule has 0 bridgehead atoms. The second kappa shape index (κ2) is 6.38. The molecule has 0 unspecified atom stereocenters. The standard InChI is InChI=1S/C20H18N4O2/c1-2-17-18(21-7-1)11-23-19(17)24-14-3-4-16-13(10-14)5-8-22-20(16)26-15-6-9-25-12-15/h1-5,7-8,10,15H,6,9,11-12H2,(H,23,24)/t15-/m1/s1. The van der Waals surface area contributed by atoms with Crippen molar-refractivity contribution in [1.82, 2.24) is 9.97 Å². The summed E-state index contributed by atoms with van der Waals surface area (Å²) >= 11 is 0. The Balaban J connectivity index is 1.42. The molecule has 1 saturated heterocycles. The molecule has 130 valence electrons. The van der Waals surface area contributed by atoms with Gasteiger partial charge in [0.1, 0.15) is 11.9 Å². The van der Waals surface area contributed by atoms with Crippen LogP contribution in [0.4, 0.5) is 5.69 Å². The van der Waals surface area contributed by atoms with Gasteiger partial charge in [-0.25, -0.2) is 4.98 Å². The molecule has 1 aromatic carbocycles. The van der Waals surface area contributed by atoms with Gasteiger partial charge < -0.3 is 14.8 Å². The zero-order valence-electron chi connectivity index (χ0n) is 14.2. The molecular formula is C20H18N4O2. The summed E-state index contributed by atoms with van der Waals surface area (Å²) in [5.41, 5.74) is 3.05. The van der Waals surface area contributed by atoms with Crippen LogP contribution < -0.4 is 10.1 Å². The number of anilines is 1. The summed E-state index contributed by atoms with van der Waals surface area (Å²) in [6.45, 7) is 2.00. The third kappa shape index (κ3) is 2.78. The van der Waals surface area contributed by atoms with Crippen LogP contribution in [0.2, 0.25) is 0 Å². The summed E-state index contributed by atoms with van der Waals surface area (Å²) in [5.74, 6) is 1.53. The van der Waals surface area contributed by atoms with Crippen LogP contribution in [0.25, 0.3) is 10.8 Å². The summed E-state index contributed by atoms with van der Waals surface area (Å²) in [4.78, 5) is 13.3. The third-order valence-corrected chi connectivity index (χ3v) is 4.69. The number of aromatic nitrogens is 2. The van der Waals surface area contributed by atoms with Crippen LogP contribution in [-0.4, -0.2) is 35.1 Å². The number of fused-ring (bicyclic) bond motifs is 2. The number of hydrogen-bond donors (Lipinski definition) is 1. The number of nitrogens with one attached hydrogen (secondary N) is 1. The monoisotopic (exact) mass is 346 g/mol. The Morgan fingerprint density at radius 1 is 1.12 bits per heavy atom. The Labute approximate surface area is 150 Å². The Hall–Kier alpha value is -2.99. The van der Waals surface area contributed by atoms with Gasteiger partial charge in [-0.05, 0) is 41.8 Å². The number of rotatable bonds is 3. The first-order valence-electron chi connectivity index (χ1n) is 8.76. The molecule has 1 atom stereocenters. The molecule has 0 spiro atoms. The number of ether oxygens (including phenoxy) is 2. The molecule has 6 nitrogen and oxygen atoms in total. The Morgan fingerprint density at radius 3 is 3.04 bits per heavy atom. The minimum atomic E-state index is 0.0859. The Morgan fingerprint density at radius 2 is 2.12 bits per heavy atom. The van der Waals surface area contributed by atoms with Crippen LogP contribution in [-0.2, 0) is 11.3 Å². The smallest absolute Gasteiger partial charge is 0.221 e. The zero-order chi connectivity index (χ0) is 17.3. The van der Waals surface area contributed by atoms with E-state index in [1.807, 2.05) is 30.3 Å². The van der Waals surface area contributed by atoms with Gasteiger partial charge in [-0.3, -0.25) is 9.98 Å². The molecule has 6 heteroatoms. The maximum atomic E-state index is 6.02. The lowest BCUT2D eigenvalue weighted by molar-refractivity contribution is 0.139. The average molecular weight is 346 g/mol. The second-order valence-electron chi connectivity index (χ2n) is 6.44. The van der Waals surface area contributed by atoms with E-state index in [2.05, 4.69) is 26.3 Å². The summed E-state index contributed by atoms with van der Waals surface area (Å²) in [7, 11) is 0. The van der Waals surface area contributed by atoms with Crippen molar-refractivity contribution in [3.05, 3.63) is 60.0 Å². The minimum Gasteiger partial charge on any atom is -0.471 e. The van der Waals surface area contributed by atoms with Gasteiger partial charge in [-0.15, -0.1) is 0 Å². The van der Waals surface area contributed by atoms with Crippen LogP contribution in [0.3, 0.4) is 0 Å². The first-order chi connectivity index (χ1) is 12.9. The van der Waals surface area contributed by atoms with E-state index in [9.17, 15) is 0 Å². The number of hydrogen-bond acceptors (Lipinski definition) is 6.